The van der Waals surface area contributed by atoms with E-state index in [1.165, 1.54) is 0 Å². The molecule has 15 heavy (non-hydrogen) atoms. The lowest BCUT2D eigenvalue weighted by Crippen LogP contribution is -2.03. The zero-order valence-corrected chi connectivity index (χ0v) is 8.23. The Labute approximate surface area is 89.3 Å². The molecule has 0 amide bonds. The van der Waals surface area contributed by atoms with Crippen molar-refractivity contribution in [2.24, 2.45) is 0 Å². The SMILES string of the molecule is N#CCc1nc(F)c(CCl)cc1C(F)F. The lowest BCUT2D eigenvalue weighted by Gasteiger charge is -2.07. The quantitative estimate of drug-likeness (QED) is 0.596. The van der Waals surface area contributed by atoms with Gasteiger partial charge in [-0.3, -0.25) is 0 Å². The highest BCUT2D eigenvalue weighted by Gasteiger charge is 2.17. The lowest BCUT2D eigenvalue weighted by molar-refractivity contribution is 0.149. The third-order valence-corrected chi connectivity index (χ3v) is 2.07. The van der Waals surface area contributed by atoms with Crippen LogP contribution in [0.1, 0.15) is 23.2 Å². The van der Waals surface area contributed by atoms with E-state index >= 15 is 0 Å². The predicted molar refractivity (Wildman–Crippen MR) is 48.0 cm³/mol. The molecule has 80 valence electrons. The Morgan fingerprint density at radius 1 is 1.53 bits per heavy atom. The number of nitrogens with zero attached hydrogens (tertiary/aromatic N) is 2. The summed E-state index contributed by atoms with van der Waals surface area (Å²) < 4.78 is 38.0. The summed E-state index contributed by atoms with van der Waals surface area (Å²) in [6, 6.07) is 2.60. The van der Waals surface area contributed by atoms with E-state index < -0.39 is 17.9 Å². The first-order valence-corrected chi connectivity index (χ1v) is 4.52. The molecule has 0 bridgehead atoms. The second-order valence-electron chi connectivity index (χ2n) is 2.74. The molecule has 0 aliphatic heterocycles. The number of halogens is 4. The van der Waals surface area contributed by atoms with E-state index in [1.807, 2.05) is 0 Å². The molecule has 0 unspecified atom stereocenters. The Bertz CT molecular complexity index is 401. The summed E-state index contributed by atoms with van der Waals surface area (Å²) >= 11 is 5.35. The minimum atomic E-state index is -2.79. The van der Waals surface area contributed by atoms with Crippen LogP contribution in [0.4, 0.5) is 13.2 Å². The third-order valence-electron chi connectivity index (χ3n) is 1.79. The fourth-order valence-electron chi connectivity index (χ4n) is 1.08. The van der Waals surface area contributed by atoms with E-state index in [0.29, 0.717) is 0 Å². The van der Waals surface area contributed by atoms with E-state index in [-0.39, 0.29) is 23.6 Å². The molecular weight excluding hydrogens is 229 g/mol. The molecule has 0 N–H and O–H groups in total. The molecule has 1 rings (SSSR count). The number of pyridine rings is 1. The number of rotatable bonds is 3. The van der Waals surface area contributed by atoms with Gasteiger partial charge in [0.15, 0.2) is 0 Å². The maximum atomic E-state index is 13.1. The van der Waals surface area contributed by atoms with Gasteiger partial charge < -0.3 is 0 Å². The number of alkyl halides is 3. The molecule has 6 heteroatoms. The predicted octanol–water partition coefficient (Wildman–Crippen LogP) is 2.96. The number of nitriles is 1. The van der Waals surface area contributed by atoms with Gasteiger partial charge in [0.25, 0.3) is 6.43 Å². The van der Waals surface area contributed by atoms with Crippen molar-refractivity contribution in [2.45, 2.75) is 18.7 Å². The molecule has 0 aromatic carbocycles. The summed E-state index contributed by atoms with van der Waals surface area (Å²) in [4.78, 5) is 3.30. The molecule has 0 saturated carbocycles. The smallest absolute Gasteiger partial charge is 0.223 e. The highest BCUT2D eigenvalue weighted by molar-refractivity contribution is 6.17. The third kappa shape index (κ3) is 2.60. The van der Waals surface area contributed by atoms with Gasteiger partial charge >= 0.3 is 0 Å². The normalized spacial score (nSPS) is 10.4. The standard InChI is InChI=1S/C9H6ClF3N2/c10-4-5-3-6(8(11)12)7(1-2-14)15-9(5)13/h3,8H,1,4H2. The van der Waals surface area contributed by atoms with E-state index in [0.717, 1.165) is 6.07 Å². The second-order valence-corrected chi connectivity index (χ2v) is 3.01. The Morgan fingerprint density at radius 3 is 2.67 bits per heavy atom. The largest absolute Gasteiger partial charge is 0.265 e. The first-order chi connectivity index (χ1) is 7.10. The van der Waals surface area contributed by atoms with Crippen molar-refractivity contribution < 1.29 is 13.2 Å². The minimum absolute atomic E-state index is 0.0892. The van der Waals surface area contributed by atoms with Crippen LogP contribution >= 0.6 is 11.6 Å². The van der Waals surface area contributed by atoms with Crippen LogP contribution in [-0.2, 0) is 12.3 Å². The molecule has 0 aliphatic carbocycles. The molecule has 0 saturated heterocycles. The molecule has 0 atom stereocenters. The molecule has 1 heterocycles. The number of hydrogen-bond acceptors (Lipinski definition) is 2. The summed E-state index contributed by atoms with van der Waals surface area (Å²) in [7, 11) is 0. The van der Waals surface area contributed by atoms with Crippen LogP contribution in [0, 0.1) is 17.3 Å². The summed E-state index contributed by atoms with van der Waals surface area (Å²) in [6.07, 6.45) is -3.14. The van der Waals surface area contributed by atoms with Crippen LogP contribution in [0.5, 0.6) is 0 Å². The van der Waals surface area contributed by atoms with Crippen molar-refractivity contribution in [1.29, 1.82) is 5.26 Å². The van der Waals surface area contributed by atoms with E-state index in [9.17, 15) is 13.2 Å². The van der Waals surface area contributed by atoms with Gasteiger partial charge in [-0.1, -0.05) is 0 Å². The number of aromatic nitrogens is 1. The van der Waals surface area contributed by atoms with Crippen LogP contribution in [-0.4, -0.2) is 4.98 Å². The Balaban J connectivity index is 3.26. The summed E-state index contributed by atoms with van der Waals surface area (Å²) in [5.41, 5.74) is -0.763. The molecule has 1 aromatic heterocycles. The Kier molecular flexibility index (Phi) is 3.92. The van der Waals surface area contributed by atoms with Gasteiger partial charge in [0.2, 0.25) is 5.95 Å². The average molecular weight is 235 g/mol. The second kappa shape index (κ2) is 4.99. The monoisotopic (exact) mass is 234 g/mol. The van der Waals surface area contributed by atoms with Gasteiger partial charge in [-0.15, -0.1) is 11.6 Å². The van der Waals surface area contributed by atoms with Crippen molar-refractivity contribution in [3.8, 4) is 6.07 Å². The average Bonchev–Trinajstić information content (AvgIpc) is 2.18. The zero-order valence-electron chi connectivity index (χ0n) is 7.48. The van der Waals surface area contributed by atoms with Crippen molar-refractivity contribution in [3.63, 3.8) is 0 Å². The fourth-order valence-corrected chi connectivity index (χ4v) is 1.27. The Hall–Kier alpha value is -1.28. The van der Waals surface area contributed by atoms with Gasteiger partial charge in [-0.2, -0.15) is 9.65 Å². The maximum Gasteiger partial charge on any atom is 0.265 e. The van der Waals surface area contributed by atoms with Gasteiger partial charge in [-0.05, 0) is 6.07 Å². The molecule has 0 aliphatic rings. The lowest BCUT2D eigenvalue weighted by atomic mass is 10.1. The van der Waals surface area contributed by atoms with Gasteiger partial charge in [0.1, 0.15) is 0 Å². The Morgan fingerprint density at radius 2 is 2.20 bits per heavy atom. The van der Waals surface area contributed by atoms with Gasteiger partial charge in [0, 0.05) is 11.1 Å². The molecule has 0 radical (unpaired) electrons. The molecule has 0 spiro atoms. The van der Waals surface area contributed by atoms with Crippen LogP contribution < -0.4 is 0 Å². The van der Waals surface area contributed by atoms with Crippen LogP contribution in [0.2, 0.25) is 0 Å². The van der Waals surface area contributed by atoms with Crippen LogP contribution in [0.25, 0.3) is 0 Å². The molecule has 1 aromatic rings. The first kappa shape index (κ1) is 11.8. The summed E-state index contributed by atoms with van der Waals surface area (Å²) in [5.74, 6) is -1.13. The highest BCUT2D eigenvalue weighted by Crippen LogP contribution is 2.24. The maximum absolute atomic E-state index is 13.1. The van der Waals surface area contributed by atoms with Crippen LogP contribution in [0.15, 0.2) is 6.07 Å². The molecule has 2 nitrogen and oxygen atoms in total. The first-order valence-electron chi connectivity index (χ1n) is 3.99. The van der Waals surface area contributed by atoms with E-state index in [4.69, 9.17) is 16.9 Å². The van der Waals surface area contributed by atoms with E-state index in [1.54, 1.807) is 6.07 Å². The fraction of sp³-hybridized carbons (Fsp3) is 0.333. The van der Waals surface area contributed by atoms with Crippen molar-refractivity contribution in [2.75, 3.05) is 0 Å². The van der Waals surface area contributed by atoms with Crippen molar-refractivity contribution >= 4 is 11.6 Å². The van der Waals surface area contributed by atoms with Crippen molar-refractivity contribution in [1.82, 2.24) is 4.98 Å². The van der Waals surface area contributed by atoms with E-state index in [2.05, 4.69) is 4.98 Å². The van der Waals surface area contributed by atoms with Crippen LogP contribution in [0.3, 0.4) is 0 Å². The zero-order chi connectivity index (χ0) is 11.4. The number of hydrogen-bond donors (Lipinski definition) is 0. The van der Waals surface area contributed by atoms with Crippen molar-refractivity contribution in [3.05, 3.63) is 28.8 Å². The summed E-state index contributed by atoms with van der Waals surface area (Å²) in [5, 5.41) is 8.36. The van der Waals surface area contributed by atoms with Gasteiger partial charge in [0.05, 0.1) is 24.1 Å². The highest BCUT2D eigenvalue weighted by atomic mass is 35.5. The molecule has 0 fully saturated rings. The van der Waals surface area contributed by atoms with Gasteiger partial charge in [-0.25, -0.2) is 13.8 Å². The molecular formula is C9H6ClF3N2. The topological polar surface area (TPSA) is 36.7 Å². The minimum Gasteiger partial charge on any atom is -0.223 e. The summed E-state index contributed by atoms with van der Waals surface area (Å²) in [6.45, 7) is 0.